The summed E-state index contributed by atoms with van der Waals surface area (Å²) in [7, 11) is -3.75. The van der Waals surface area contributed by atoms with Crippen molar-refractivity contribution in [2.75, 3.05) is 38.0 Å². The van der Waals surface area contributed by atoms with Crippen molar-refractivity contribution in [1.82, 2.24) is 9.21 Å². The van der Waals surface area contributed by atoms with Gasteiger partial charge in [-0.25, -0.2) is 8.42 Å². The third kappa shape index (κ3) is 5.07. The van der Waals surface area contributed by atoms with E-state index in [4.69, 9.17) is 0 Å². The zero-order valence-corrected chi connectivity index (χ0v) is 18.3. The van der Waals surface area contributed by atoms with Gasteiger partial charge in [0.15, 0.2) is 0 Å². The monoisotopic (exact) mass is 424 g/mol. The van der Waals surface area contributed by atoms with Gasteiger partial charge in [0.1, 0.15) is 5.69 Å². The number of hydrogen-bond donors (Lipinski definition) is 1. The number of sulfonamides is 1. The number of piperidine rings is 2. The molecule has 3 rings (SSSR count). The van der Waals surface area contributed by atoms with Crippen LogP contribution < -0.4 is 5.32 Å². The van der Waals surface area contributed by atoms with Crippen molar-refractivity contribution in [2.45, 2.75) is 51.0 Å². The fourth-order valence-electron chi connectivity index (χ4n) is 4.51. The summed E-state index contributed by atoms with van der Waals surface area (Å²) in [5.41, 5.74) is 0.214. The highest BCUT2D eigenvalue weighted by atomic mass is 32.2. The summed E-state index contributed by atoms with van der Waals surface area (Å²) in [6.07, 6.45) is 2.81. The Bertz CT molecular complexity index is 827. The van der Waals surface area contributed by atoms with Gasteiger partial charge in [0, 0.05) is 38.3 Å². The van der Waals surface area contributed by atoms with Crippen LogP contribution in [0.15, 0.2) is 23.1 Å². The van der Waals surface area contributed by atoms with Gasteiger partial charge in [0.25, 0.3) is 5.69 Å². The lowest BCUT2D eigenvalue weighted by Crippen LogP contribution is -2.42. The third-order valence-corrected chi connectivity index (χ3v) is 7.86. The van der Waals surface area contributed by atoms with E-state index in [1.165, 1.54) is 16.4 Å². The van der Waals surface area contributed by atoms with E-state index in [0.29, 0.717) is 18.8 Å². The van der Waals surface area contributed by atoms with E-state index < -0.39 is 14.9 Å². The third-order valence-electron chi connectivity index (χ3n) is 6.03. The number of nitro benzene ring substituents is 1. The zero-order chi connectivity index (χ0) is 21.2. The maximum absolute atomic E-state index is 13.1. The van der Waals surface area contributed by atoms with Crippen molar-refractivity contribution in [3.05, 3.63) is 28.3 Å². The van der Waals surface area contributed by atoms with Gasteiger partial charge in [-0.2, -0.15) is 4.31 Å². The first-order valence-corrected chi connectivity index (χ1v) is 11.9. The quantitative estimate of drug-likeness (QED) is 0.557. The van der Waals surface area contributed by atoms with Crippen LogP contribution in [-0.4, -0.2) is 61.3 Å². The highest BCUT2D eigenvalue weighted by Crippen LogP contribution is 2.32. The first kappa shape index (κ1) is 22.0. The van der Waals surface area contributed by atoms with E-state index >= 15 is 0 Å². The molecule has 1 aromatic rings. The molecule has 29 heavy (non-hydrogen) atoms. The summed E-state index contributed by atoms with van der Waals surface area (Å²) in [5, 5.41) is 14.9. The van der Waals surface area contributed by atoms with Crippen molar-refractivity contribution < 1.29 is 13.3 Å². The molecule has 0 amide bonds. The first-order valence-electron chi connectivity index (χ1n) is 10.5. The Balaban J connectivity index is 1.81. The Morgan fingerprint density at radius 2 is 1.79 bits per heavy atom. The molecule has 2 fully saturated rings. The predicted octanol–water partition coefficient (Wildman–Crippen LogP) is 3.16. The van der Waals surface area contributed by atoms with Crippen molar-refractivity contribution >= 4 is 21.4 Å². The van der Waals surface area contributed by atoms with E-state index in [1.807, 2.05) is 13.8 Å². The number of nitro groups is 1. The van der Waals surface area contributed by atoms with Gasteiger partial charge in [-0.3, -0.25) is 10.1 Å². The molecule has 2 atom stereocenters. The van der Waals surface area contributed by atoms with Gasteiger partial charge in [-0.05, 0) is 49.8 Å². The molecule has 2 aliphatic heterocycles. The van der Waals surface area contributed by atoms with Crippen LogP contribution in [0.4, 0.5) is 11.4 Å². The normalized spacial score (nSPS) is 25.1. The number of hydrogen-bond acceptors (Lipinski definition) is 6. The Morgan fingerprint density at radius 3 is 2.34 bits per heavy atom. The van der Waals surface area contributed by atoms with Crippen LogP contribution in [0.5, 0.6) is 0 Å². The molecule has 0 radical (unpaired) electrons. The van der Waals surface area contributed by atoms with E-state index in [0.717, 1.165) is 38.9 Å². The molecule has 0 bridgehead atoms. The second-order valence-electron chi connectivity index (χ2n) is 8.56. The minimum atomic E-state index is -3.75. The SMILES string of the molecule is CCN1CCC(Nc2ccc(S(=O)(=O)N3C[C@H](C)C[C@@H](C)C3)cc2[N+](=O)[O-])CC1. The minimum Gasteiger partial charge on any atom is -0.377 e. The number of nitrogens with one attached hydrogen (secondary N) is 1. The van der Waals surface area contributed by atoms with Gasteiger partial charge in [0.2, 0.25) is 10.0 Å². The van der Waals surface area contributed by atoms with Crippen LogP contribution in [0.25, 0.3) is 0 Å². The van der Waals surface area contributed by atoms with E-state index in [2.05, 4.69) is 17.1 Å². The average molecular weight is 425 g/mol. The number of nitrogens with zero attached hydrogens (tertiary/aromatic N) is 3. The Labute approximate surface area is 173 Å². The molecule has 0 saturated carbocycles. The summed E-state index contributed by atoms with van der Waals surface area (Å²) < 4.78 is 27.7. The van der Waals surface area contributed by atoms with Crippen LogP contribution >= 0.6 is 0 Å². The van der Waals surface area contributed by atoms with Gasteiger partial charge in [-0.15, -0.1) is 0 Å². The minimum absolute atomic E-state index is 0.00291. The molecule has 0 aliphatic carbocycles. The Morgan fingerprint density at radius 1 is 1.17 bits per heavy atom. The van der Waals surface area contributed by atoms with Gasteiger partial charge in [0.05, 0.1) is 9.82 Å². The topological polar surface area (TPSA) is 95.8 Å². The molecular formula is C20H32N4O4S. The molecule has 2 heterocycles. The lowest BCUT2D eigenvalue weighted by molar-refractivity contribution is -0.384. The molecule has 0 aromatic heterocycles. The van der Waals surface area contributed by atoms with E-state index in [-0.39, 0.29) is 28.5 Å². The smallest absolute Gasteiger partial charge is 0.293 e. The second-order valence-corrected chi connectivity index (χ2v) is 10.5. The number of rotatable bonds is 6. The number of benzene rings is 1. The number of anilines is 1. The first-order chi connectivity index (χ1) is 13.7. The standard InChI is InChI=1S/C20H32N4O4S/c1-4-22-9-7-17(8-10-22)21-19-6-5-18(12-20(19)24(25)26)29(27,28)23-13-15(2)11-16(3)14-23/h5-6,12,15-17,21H,4,7-11,13-14H2,1-3H3/t15-,16-/m1/s1. The maximum Gasteiger partial charge on any atom is 0.293 e. The van der Waals surface area contributed by atoms with Crippen molar-refractivity contribution in [3.63, 3.8) is 0 Å². The van der Waals surface area contributed by atoms with E-state index in [1.54, 1.807) is 6.07 Å². The van der Waals surface area contributed by atoms with Crippen LogP contribution in [0.3, 0.4) is 0 Å². The highest BCUT2D eigenvalue weighted by molar-refractivity contribution is 7.89. The molecule has 0 unspecified atom stereocenters. The van der Waals surface area contributed by atoms with Gasteiger partial charge < -0.3 is 10.2 Å². The molecule has 2 saturated heterocycles. The largest absolute Gasteiger partial charge is 0.377 e. The van der Waals surface area contributed by atoms with Crippen LogP contribution in [0.2, 0.25) is 0 Å². The summed E-state index contributed by atoms with van der Waals surface area (Å²) in [4.78, 5) is 13.5. The molecule has 8 nitrogen and oxygen atoms in total. The van der Waals surface area contributed by atoms with Gasteiger partial charge >= 0.3 is 0 Å². The van der Waals surface area contributed by atoms with Crippen molar-refractivity contribution in [3.8, 4) is 0 Å². The summed E-state index contributed by atoms with van der Waals surface area (Å²) in [5.74, 6) is 0.553. The Kier molecular flexibility index (Phi) is 6.80. The second kappa shape index (κ2) is 8.97. The fraction of sp³-hybridized carbons (Fsp3) is 0.700. The van der Waals surface area contributed by atoms with E-state index in [9.17, 15) is 18.5 Å². The molecular weight excluding hydrogens is 392 g/mol. The fourth-order valence-corrected chi connectivity index (χ4v) is 6.21. The lowest BCUT2D eigenvalue weighted by atomic mass is 9.94. The molecule has 9 heteroatoms. The lowest BCUT2D eigenvalue weighted by Gasteiger charge is -2.34. The molecule has 1 aromatic carbocycles. The summed E-state index contributed by atoms with van der Waals surface area (Å²) in [6.45, 7) is 10.0. The van der Waals surface area contributed by atoms with Gasteiger partial charge in [-0.1, -0.05) is 20.8 Å². The molecule has 162 valence electrons. The number of likely N-dealkylation sites (tertiary alicyclic amines) is 1. The summed E-state index contributed by atoms with van der Waals surface area (Å²) >= 11 is 0. The predicted molar refractivity (Wildman–Crippen MR) is 114 cm³/mol. The molecule has 0 spiro atoms. The summed E-state index contributed by atoms with van der Waals surface area (Å²) in [6, 6.07) is 4.41. The van der Waals surface area contributed by atoms with Crippen molar-refractivity contribution in [1.29, 1.82) is 0 Å². The zero-order valence-electron chi connectivity index (χ0n) is 17.5. The van der Waals surface area contributed by atoms with Crippen LogP contribution in [0.1, 0.15) is 40.0 Å². The molecule has 2 aliphatic rings. The van der Waals surface area contributed by atoms with Crippen LogP contribution in [-0.2, 0) is 10.0 Å². The highest BCUT2D eigenvalue weighted by Gasteiger charge is 2.33. The average Bonchev–Trinajstić information content (AvgIpc) is 2.68. The van der Waals surface area contributed by atoms with Crippen LogP contribution in [0, 0.1) is 22.0 Å². The molecule has 1 N–H and O–H groups in total. The Hall–Kier alpha value is -1.71. The maximum atomic E-state index is 13.1. The van der Waals surface area contributed by atoms with Crippen molar-refractivity contribution in [2.24, 2.45) is 11.8 Å².